The van der Waals surface area contributed by atoms with Crippen molar-refractivity contribution in [2.24, 2.45) is 0 Å². The Kier molecular flexibility index (Phi) is 5.11. The summed E-state index contributed by atoms with van der Waals surface area (Å²) in [6.07, 6.45) is 0. The second-order valence-electron chi connectivity index (χ2n) is 4.52. The number of carboxylic acids is 1. The molecule has 0 unspecified atom stereocenters. The van der Waals surface area contributed by atoms with Crippen LogP contribution in [0.2, 0.25) is 0 Å². The van der Waals surface area contributed by atoms with Crippen molar-refractivity contribution in [2.45, 2.75) is 11.8 Å². The van der Waals surface area contributed by atoms with Crippen LogP contribution < -0.4 is 10.5 Å². The number of carboxylic acid groups (broad SMARTS) is 1. The molecule has 0 fully saturated rings. The summed E-state index contributed by atoms with van der Waals surface area (Å²) in [4.78, 5) is 12.2. The van der Waals surface area contributed by atoms with Crippen molar-refractivity contribution in [1.82, 2.24) is 0 Å². The summed E-state index contributed by atoms with van der Waals surface area (Å²) in [7, 11) is 0. The van der Waals surface area contributed by atoms with E-state index in [2.05, 4.69) is 0 Å². The Morgan fingerprint density at radius 3 is 2.76 bits per heavy atom. The van der Waals surface area contributed by atoms with E-state index in [9.17, 15) is 4.79 Å². The molecule has 0 aliphatic heterocycles. The van der Waals surface area contributed by atoms with Crippen LogP contribution >= 0.6 is 11.8 Å². The predicted molar refractivity (Wildman–Crippen MR) is 85.2 cm³/mol. The number of nitrogens with two attached hydrogens (primary N) is 1. The van der Waals surface area contributed by atoms with Gasteiger partial charge in [-0.05, 0) is 42.8 Å². The molecule has 0 bridgehead atoms. The van der Waals surface area contributed by atoms with Gasteiger partial charge in [0.1, 0.15) is 11.3 Å². The number of rotatable bonds is 6. The van der Waals surface area contributed by atoms with Gasteiger partial charge in [0.25, 0.3) is 0 Å². The Labute approximate surface area is 127 Å². The van der Waals surface area contributed by atoms with Crippen molar-refractivity contribution >= 4 is 23.4 Å². The van der Waals surface area contributed by atoms with Gasteiger partial charge in [-0.25, -0.2) is 4.79 Å². The van der Waals surface area contributed by atoms with E-state index in [4.69, 9.17) is 15.6 Å². The second-order valence-corrected chi connectivity index (χ2v) is 5.68. The SMILES string of the molecule is Cc1cc(SCCOc2ccccc2C(=O)O)ccc1N. The quantitative estimate of drug-likeness (QED) is 0.486. The number of hydrogen-bond donors (Lipinski definition) is 2. The molecule has 0 aromatic heterocycles. The third kappa shape index (κ3) is 4.16. The van der Waals surface area contributed by atoms with E-state index in [0.29, 0.717) is 12.4 Å². The molecular formula is C16H17NO3S. The fourth-order valence-corrected chi connectivity index (χ4v) is 2.65. The average molecular weight is 303 g/mol. The first kappa shape index (κ1) is 15.3. The highest BCUT2D eigenvalue weighted by Gasteiger charge is 2.09. The van der Waals surface area contributed by atoms with Crippen LogP contribution in [-0.4, -0.2) is 23.4 Å². The van der Waals surface area contributed by atoms with Gasteiger partial charge >= 0.3 is 5.97 Å². The minimum atomic E-state index is -0.979. The zero-order chi connectivity index (χ0) is 15.2. The van der Waals surface area contributed by atoms with Crippen molar-refractivity contribution in [3.8, 4) is 5.75 Å². The van der Waals surface area contributed by atoms with Crippen molar-refractivity contribution in [1.29, 1.82) is 0 Å². The molecule has 0 aliphatic rings. The van der Waals surface area contributed by atoms with Crippen LogP contribution in [0.3, 0.4) is 0 Å². The third-order valence-electron chi connectivity index (χ3n) is 2.97. The molecular weight excluding hydrogens is 286 g/mol. The number of thioether (sulfide) groups is 1. The lowest BCUT2D eigenvalue weighted by Gasteiger charge is -2.09. The Morgan fingerprint density at radius 2 is 2.05 bits per heavy atom. The molecule has 0 saturated carbocycles. The van der Waals surface area contributed by atoms with Gasteiger partial charge < -0.3 is 15.6 Å². The normalized spacial score (nSPS) is 10.3. The van der Waals surface area contributed by atoms with Gasteiger partial charge in [0, 0.05) is 16.3 Å². The molecule has 110 valence electrons. The van der Waals surface area contributed by atoms with Crippen molar-refractivity contribution in [3.63, 3.8) is 0 Å². The summed E-state index contributed by atoms with van der Waals surface area (Å²) in [5, 5.41) is 9.06. The second kappa shape index (κ2) is 7.04. The minimum Gasteiger partial charge on any atom is -0.492 e. The topological polar surface area (TPSA) is 72.5 Å². The molecule has 2 aromatic carbocycles. The summed E-state index contributed by atoms with van der Waals surface area (Å²) < 4.78 is 5.55. The van der Waals surface area contributed by atoms with E-state index in [1.54, 1.807) is 30.0 Å². The van der Waals surface area contributed by atoms with Crippen LogP contribution in [0.4, 0.5) is 5.69 Å². The summed E-state index contributed by atoms with van der Waals surface area (Å²) in [5.74, 6) is 0.156. The van der Waals surface area contributed by atoms with Gasteiger partial charge in [0.15, 0.2) is 0 Å². The van der Waals surface area contributed by atoms with E-state index in [1.165, 1.54) is 6.07 Å². The first-order valence-corrected chi connectivity index (χ1v) is 7.50. The highest BCUT2D eigenvalue weighted by molar-refractivity contribution is 7.99. The predicted octanol–water partition coefficient (Wildman–Crippen LogP) is 3.45. The number of aryl methyl sites for hydroxylation is 1. The lowest BCUT2D eigenvalue weighted by Crippen LogP contribution is -2.05. The van der Waals surface area contributed by atoms with Crippen LogP contribution in [-0.2, 0) is 0 Å². The van der Waals surface area contributed by atoms with Crippen molar-refractivity contribution in [2.75, 3.05) is 18.1 Å². The number of hydrogen-bond acceptors (Lipinski definition) is 4. The third-order valence-corrected chi connectivity index (χ3v) is 3.93. The molecule has 0 spiro atoms. The number of nitrogen functional groups attached to an aromatic ring is 1. The van der Waals surface area contributed by atoms with E-state index in [-0.39, 0.29) is 5.56 Å². The van der Waals surface area contributed by atoms with Crippen LogP contribution in [0.15, 0.2) is 47.4 Å². The number of aromatic carboxylic acids is 1. The molecule has 2 aromatic rings. The maximum Gasteiger partial charge on any atom is 0.339 e. The number of para-hydroxylation sites is 1. The summed E-state index contributed by atoms with van der Waals surface area (Å²) >= 11 is 1.65. The van der Waals surface area contributed by atoms with Crippen LogP contribution in [0.5, 0.6) is 5.75 Å². The van der Waals surface area contributed by atoms with E-state index in [1.807, 2.05) is 25.1 Å². The van der Waals surface area contributed by atoms with Gasteiger partial charge in [0.2, 0.25) is 0 Å². The Morgan fingerprint density at radius 1 is 1.29 bits per heavy atom. The van der Waals surface area contributed by atoms with Crippen LogP contribution in [0.1, 0.15) is 15.9 Å². The first-order valence-electron chi connectivity index (χ1n) is 6.52. The average Bonchev–Trinajstić information content (AvgIpc) is 2.47. The fraction of sp³-hybridized carbons (Fsp3) is 0.188. The molecule has 0 radical (unpaired) electrons. The van der Waals surface area contributed by atoms with Gasteiger partial charge in [-0.2, -0.15) is 0 Å². The fourth-order valence-electron chi connectivity index (χ4n) is 1.82. The molecule has 21 heavy (non-hydrogen) atoms. The molecule has 2 rings (SSSR count). The Hall–Kier alpha value is -2.14. The lowest BCUT2D eigenvalue weighted by molar-refractivity contribution is 0.0692. The molecule has 5 heteroatoms. The zero-order valence-electron chi connectivity index (χ0n) is 11.7. The first-order chi connectivity index (χ1) is 10.1. The standard InChI is InChI=1S/C16H17NO3S/c1-11-10-12(6-7-14(11)17)21-9-8-20-15-5-3-2-4-13(15)16(18)19/h2-7,10H,8-9,17H2,1H3,(H,18,19). The van der Waals surface area contributed by atoms with E-state index < -0.39 is 5.97 Å². The number of anilines is 1. The summed E-state index contributed by atoms with van der Waals surface area (Å²) in [6, 6.07) is 12.5. The highest BCUT2D eigenvalue weighted by atomic mass is 32.2. The van der Waals surface area contributed by atoms with E-state index >= 15 is 0 Å². The molecule has 0 heterocycles. The Bertz CT molecular complexity index is 643. The summed E-state index contributed by atoms with van der Waals surface area (Å²) in [6.45, 7) is 2.41. The monoisotopic (exact) mass is 303 g/mol. The minimum absolute atomic E-state index is 0.186. The largest absolute Gasteiger partial charge is 0.492 e. The van der Waals surface area contributed by atoms with E-state index in [0.717, 1.165) is 21.9 Å². The van der Waals surface area contributed by atoms with Gasteiger partial charge in [0.05, 0.1) is 6.61 Å². The molecule has 0 amide bonds. The molecule has 0 saturated heterocycles. The number of ether oxygens (including phenoxy) is 1. The number of carbonyl (C=O) groups is 1. The van der Waals surface area contributed by atoms with Crippen molar-refractivity contribution in [3.05, 3.63) is 53.6 Å². The highest BCUT2D eigenvalue weighted by Crippen LogP contribution is 2.23. The van der Waals surface area contributed by atoms with Crippen molar-refractivity contribution < 1.29 is 14.6 Å². The Balaban J connectivity index is 1.87. The van der Waals surface area contributed by atoms with Crippen LogP contribution in [0.25, 0.3) is 0 Å². The maximum atomic E-state index is 11.0. The van der Waals surface area contributed by atoms with Gasteiger partial charge in [-0.1, -0.05) is 12.1 Å². The van der Waals surface area contributed by atoms with Gasteiger partial charge in [-0.15, -0.1) is 11.8 Å². The summed E-state index contributed by atoms with van der Waals surface area (Å²) in [5.41, 5.74) is 7.80. The lowest BCUT2D eigenvalue weighted by atomic mass is 10.2. The molecule has 3 N–H and O–H groups in total. The van der Waals surface area contributed by atoms with Gasteiger partial charge in [-0.3, -0.25) is 0 Å². The smallest absolute Gasteiger partial charge is 0.339 e. The molecule has 4 nitrogen and oxygen atoms in total. The zero-order valence-corrected chi connectivity index (χ0v) is 12.5. The number of benzene rings is 2. The maximum absolute atomic E-state index is 11.0. The molecule has 0 aliphatic carbocycles. The molecule has 0 atom stereocenters. The van der Waals surface area contributed by atoms with Crippen LogP contribution in [0, 0.1) is 6.92 Å².